The molecule has 0 bridgehead atoms. The standard InChI is InChI=1S/C23H25F2N3O3/c1-14-5-4-6-16(11-14)19-15(2)12-17(27(19)3)18(29)13-28-20(30)22(26-21(28)31)7-9-23(24,25)10-8-22/h4-6,11-12H,7-10,13H2,1-3H3,(H,26,31). The molecular weight excluding hydrogens is 404 g/mol. The summed E-state index contributed by atoms with van der Waals surface area (Å²) in [6.07, 6.45) is -1.18. The number of Topliss-reactive ketones (excluding diaryl/α,β-unsaturated/α-hetero) is 1. The Bertz CT molecular complexity index is 1080. The van der Waals surface area contributed by atoms with Gasteiger partial charge >= 0.3 is 6.03 Å². The monoisotopic (exact) mass is 429 g/mol. The van der Waals surface area contributed by atoms with E-state index in [1.807, 2.05) is 38.1 Å². The fourth-order valence-electron chi connectivity index (χ4n) is 4.66. The van der Waals surface area contributed by atoms with Crippen LogP contribution in [0.25, 0.3) is 11.3 Å². The number of amides is 3. The van der Waals surface area contributed by atoms with E-state index in [-0.39, 0.29) is 18.6 Å². The molecule has 2 aliphatic rings. The molecule has 1 saturated carbocycles. The van der Waals surface area contributed by atoms with Gasteiger partial charge in [0.2, 0.25) is 5.92 Å². The average Bonchev–Trinajstić information content (AvgIpc) is 3.12. The summed E-state index contributed by atoms with van der Waals surface area (Å²) in [6, 6.07) is 8.96. The Morgan fingerprint density at radius 1 is 1.10 bits per heavy atom. The maximum Gasteiger partial charge on any atom is 0.325 e. The van der Waals surface area contributed by atoms with Gasteiger partial charge in [0.25, 0.3) is 5.91 Å². The lowest BCUT2D eigenvalue weighted by Crippen LogP contribution is -2.51. The van der Waals surface area contributed by atoms with Gasteiger partial charge in [-0.3, -0.25) is 14.5 Å². The van der Waals surface area contributed by atoms with Gasteiger partial charge in [0.15, 0.2) is 5.78 Å². The second-order valence-electron chi connectivity index (χ2n) is 8.67. The number of urea groups is 1. The number of imide groups is 1. The van der Waals surface area contributed by atoms with Gasteiger partial charge in [0.05, 0.1) is 17.9 Å². The number of carbonyl (C=O) groups excluding carboxylic acids is 3. The lowest BCUT2D eigenvalue weighted by atomic mass is 9.80. The molecule has 8 heteroatoms. The van der Waals surface area contributed by atoms with Crippen LogP contribution in [0.15, 0.2) is 30.3 Å². The Kier molecular flexibility index (Phi) is 4.98. The molecule has 31 heavy (non-hydrogen) atoms. The minimum atomic E-state index is -2.83. The molecule has 1 aliphatic heterocycles. The molecule has 1 N–H and O–H groups in total. The third kappa shape index (κ3) is 3.64. The Hall–Kier alpha value is -3.03. The van der Waals surface area contributed by atoms with Crippen LogP contribution in [0.3, 0.4) is 0 Å². The van der Waals surface area contributed by atoms with Crippen molar-refractivity contribution < 1.29 is 23.2 Å². The molecular formula is C23H25F2N3O3. The van der Waals surface area contributed by atoms with Crippen molar-refractivity contribution in [1.29, 1.82) is 0 Å². The predicted octanol–water partition coefficient (Wildman–Crippen LogP) is 3.99. The predicted molar refractivity (Wildman–Crippen MR) is 111 cm³/mol. The summed E-state index contributed by atoms with van der Waals surface area (Å²) < 4.78 is 28.9. The van der Waals surface area contributed by atoms with E-state index in [4.69, 9.17) is 0 Å². The second-order valence-corrected chi connectivity index (χ2v) is 8.67. The summed E-state index contributed by atoms with van der Waals surface area (Å²) in [4.78, 5) is 39.3. The van der Waals surface area contributed by atoms with Crippen LogP contribution in [-0.4, -0.2) is 45.2 Å². The molecule has 1 spiro atoms. The van der Waals surface area contributed by atoms with Crippen molar-refractivity contribution in [2.45, 2.75) is 51.0 Å². The number of aromatic nitrogens is 1. The van der Waals surface area contributed by atoms with E-state index in [1.165, 1.54) is 0 Å². The zero-order valence-electron chi connectivity index (χ0n) is 17.8. The lowest BCUT2D eigenvalue weighted by molar-refractivity contribution is -0.135. The zero-order chi connectivity index (χ0) is 22.6. The number of nitrogens with one attached hydrogen (secondary N) is 1. The number of ketones is 1. The normalized spacial score (nSPS) is 19.7. The van der Waals surface area contributed by atoms with Gasteiger partial charge in [0.1, 0.15) is 5.54 Å². The van der Waals surface area contributed by atoms with Crippen molar-refractivity contribution in [3.8, 4) is 11.3 Å². The van der Waals surface area contributed by atoms with Crippen molar-refractivity contribution in [2.24, 2.45) is 7.05 Å². The van der Waals surface area contributed by atoms with E-state index in [9.17, 15) is 23.2 Å². The minimum absolute atomic E-state index is 0.129. The van der Waals surface area contributed by atoms with E-state index in [2.05, 4.69) is 5.32 Å². The maximum atomic E-state index is 13.5. The van der Waals surface area contributed by atoms with Crippen LogP contribution in [0, 0.1) is 13.8 Å². The molecule has 4 rings (SSSR count). The number of rotatable bonds is 4. The molecule has 2 fully saturated rings. The fourth-order valence-corrected chi connectivity index (χ4v) is 4.66. The smallest absolute Gasteiger partial charge is 0.325 e. The van der Waals surface area contributed by atoms with E-state index in [1.54, 1.807) is 17.7 Å². The van der Waals surface area contributed by atoms with E-state index in [0.29, 0.717) is 5.69 Å². The Morgan fingerprint density at radius 2 is 1.77 bits per heavy atom. The Balaban J connectivity index is 1.56. The molecule has 6 nitrogen and oxygen atoms in total. The number of hydrogen-bond acceptors (Lipinski definition) is 3. The number of nitrogens with zero attached hydrogens (tertiary/aromatic N) is 2. The first-order valence-corrected chi connectivity index (χ1v) is 10.3. The highest BCUT2D eigenvalue weighted by atomic mass is 19.3. The van der Waals surface area contributed by atoms with Crippen LogP contribution in [0.1, 0.15) is 47.3 Å². The van der Waals surface area contributed by atoms with Gasteiger partial charge < -0.3 is 9.88 Å². The van der Waals surface area contributed by atoms with Crippen molar-refractivity contribution in [1.82, 2.24) is 14.8 Å². The topological polar surface area (TPSA) is 71.4 Å². The van der Waals surface area contributed by atoms with E-state index < -0.39 is 42.8 Å². The third-order valence-electron chi connectivity index (χ3n) is 6.38. The molecule has 2 aromatic rings. The quantitative estimate of drug-likeness (QED) is 0.590. The van der Waals surface area contributed by atoms with Crippen LogP contribution in [-0.2, 0) is 11.8 Å². The van der Waals surface area contributed by atoms with Gasteiger partial charge in [-0.05, 0) is 49.9 Å². The largest absolute Gasteiger partial charge is 0.341 e. The van der Waals surface area contributed by atoms with Gasteiger partial charge in [-0.15, -0.1) is 0 Å². The van der Waals surface area contributed by atoms with Crippen LogP contribution in [0.4, 0.5) is 13.6 Å². The number of carbonyl (C=O) groups is 3. The average molecular weight is 429 g/mol. The van der Waals surface area contributed by atoms with Crippen LogP contribution in [0.5, 0.6) is 0 Å². The first-order chi connectivity index (χ1) is 14.5. The summed E-state index contributed by atoms with van der Waals surface area (Å²) >= 11 is 0. The molecule has 0 unspecified atom stereocenters. The Morgan fingerprint density at radius 3 is 2.42 bits per heavy atom. The van der Waals surface area contributed by atoms with Gasteiger partial charge in [-0.25, -0.2) is 13.6 Å². The van der Waals surface area contributed by atoms with Crippen LogP contribution < -0.4 is 5.32 Å². The number of halogens is 2. The molecule has 3 amide bonds. The summed E-state index contributed by atoms with van der Waals surface area (Å²) in [6.45, 7) is 3.47. The highest BCUT2D eigenvalue weighted by Crippen LogP contribution is 2.41. The van der Waals surface area contributed by atoms with Crippen molar-refractivity contribution in [3.05, 3.63) is 47.2 Å². The molecule has 1 saturated heterocycles. The maximum absolute atomic E-state index is 13.5. The van der Waals surface area contributed by atoms with Crippen molar-refractivity contribution in [3.63, 3.8) is 0 Å². The molecule has 1 aromatic heterocycles. The van der Waals surface area contributed by atoms with Gasteiger partial charge in [0, 0.05) is 19.9 Å². The highest BCUT2D eigenvalue weighted by Gasteiger charge is 2.55. The highest BCUT2D eigenvalue weighted by molar-refractivity contribution is 6.11. The minimum Gasteiger partial charge on any atom is -0.341 e. The van der Waals surface area contributed by atoms with Gasteiger partial charge in [-0.1, -0.05) is 23.8 Å². The molecule has 1 aromatic carbocycles. The first-order valence-electron chi connectivity index (χ1n) is 10.3. The lowest BCUT2D eigenvalue weighted by Gasteiger charge is -2.34. The number of benzene rings is 1. The summed E-state index contributed by atoms with van der Waals surface area (Å²) in [5.74, 6) is -3.80. The molecule has 1 aliphatic carbocycles. The van der Waals surface area contributed by atoms with Crippen molar-refractivity contribution >= 4 is 17.7 Å². The Labute approximate surface area is 179 Å². The van der Waals surface area contributed by atoms with Crippen LogP contribution in [0.2, 0.25) is 0 Å². The SMILES string of the molecule is Cc1cccc(-c2c(C)cc(C(=O)CN3C(=O)NC4(CCC(F)(F)CC4)C3=O)n2C)c1. The second kappa shape index (κ2) is 7.28. The molecule has 2 heterocycles. The fraction of sp³-hybridized carbons (Fsp3) is 0.435. The molecule has 0 atom stereocenters. The van der Waals surface area contributed by atoms with E-state index in [0.717, 1.165) is 27.3 Å². The van der Waals surface area contributed by atoms with E-state index >= 15 is 0 Å². The number of aryl methyl sites for hydroxylation is 2. The zero-order valence-corrected chi connectivity index (χ0v) is 17.8. The van der Waals surface area contributed by atoms with Crippen LogP contribution >= 0.6 is 0 Å². The summed E-state index contributed by atoms with van der Waals surface area (Å²) in [5.41, 5.74) is 2.90. The molecule has 0 radical (unpaired) electrons. The summed E-state index contributed by atoms with van der Waals surface area (Å²) in [5, 5.41) is 2.57. The number of hydrogen-bond donors (Lipinski definition) is 1. The molecule has 164 valence electrons. The van der Waals surface area contributed by atoms with Gasteiger partial charge in [-0.2, -0.15) is 0 Å². The first kappa shape index (κ1) is 21.2. The number of alkyl halides is 2. The summed E-state index contributed by atoms with van der Waals surface area (Å²) in [7, 11) is 1.77. The van der Waals surface area contributed by atoms with Crippen molar-refractivity contribution in [2.75, 3.05) is 6.54 Å². The third-order valence-corrected chi connectivity index (χ3v) is 6.38.